The maximum atomic E-state index is 11.6. The highest BCUT2D eigenvalue weighted by molar-refractivity contribution is 7.92. The minimum atomic E-state index is -3.21. The van der Waals surface area contributed by atoms with E-state index in [-0.39, 0.29) is 12.1 Å². The van der Waals surface area contributed by atoms with E-state index in [0.29, 0.717) is 0 Å². The van der Waals surface area contributed by atoms with Gasteiger partial charge in [0.15, 0.2) is 0 Å². The molecule has 1 rings (SSSR count). The van der Waals surface area contributed by atoms with Crippen LogP contribution in [0.3, 0.4) is 0 Å². The fourth-order valence-electron chi connectivity index (χ4n) is 1.98. The van der Waals surface area contributed by atoms with Gasteiger partial charge in [-0.25, -0.2) is 8.42 Å². The van der Waals surface area contributed by atoms with Crippen LogP contribution < -0.4 is 0 Å². The van der Waals surface area contributed by atoms with E-state index in [4.69, 9.17) is 0 Å². The van der Waals surface area contributed by atoms with Crippen molar-refractivity contribution in [1.29, 1.82) is 0 Å². The highest BCUT2D eigenvalue weighted by Crippen LogP contribution is 2.29. The molecule has 0 bridgehead atoms. The van der Waals surface area contributed by atoms with Gasteiger partial charge in [-0.05, 0) is 26.2 Å². The average molecular weight is 203 g/mol. The number of hydrogen-bond acceptors (Lipinski definition) is 2. The highest BCUT2D eigenvalue weighted by atomic mass is 32.2. The maximum absolute atomic E-state index is 11.6. The Balaban J connectivity index is 2.93. The molecule has 0 aromatic heterocycles. The molecule has 1 heterocycles. The standard InChI is InChI=1S/C9H17NO2S/c1-4-9-7-6-8(3)10(9)13(11,12)5-2/h5,8-9H,2,4,6-7H2,1,3H3/t8-,9+/m0/s1. The van der Waals surface area contributed by atoms with Crippen LogP contribution in [0.5, 0.6) is 0 Å². The number of rotatable bonds is 3. The Bertz CT molecular complexity index is 284. The quantitative estimate of drug-likeness (QED) is 0.700. The molecule has 1 aliphatic rings. The zero-order valence-corrected chi connectivity index (χ0v) is 9.05. The summed E-state index contributed by atoms with van der Waals surface area (Å²) in [6.07, 6.45) is 2.83. The fourth-order valence-corrected chi connectivity index (χ4v) is 3.43. The molecule has 0 amide bonds. The van der Waals surface area contributed by atoms with Crippen molar-refractivity contribution in [1.82, 2.24) is 4.31 Å². The lowest BCUT2D eigenvalue weighted by Crippen LogP contribution is -2.38. The van der Waals surface area contributed by atoms with E-state index in [1.54, 1.807) is 4.31 Å². The van der Waals surface area contributed by atoms with Crippen molar-refractivity contribution in [3.8, 4) is 0 Å². The molecule has 0 saturated carbocycles. The van der Waals surface area contributed by atoms with Gasteiger partial charge in [-0.15, -0.1) is 0 Å². The SMILES string of the molecule is C=CS(=O)(=O)N1[C@H](CC)CC[C@@H]1C. The highest BCUT2D eigenvalue weighted by Gasteiger charge is 2.36. The monoisotopic (exact) mass is 203 g/mol. The van der Waals surface area contributed by atoms with Crippen LogP contribution in [0, 0.1) is 0 Å². The Morgan fingerprint density at radius 3 is 2.62 bits per heavy atom. The maximum Gasteiger partial charge on any atom is 0.236 e. The second-order valence-corrected chi connectivity index (χ2v) is 5.31. The first kappa shape index (κ1) is 10.7. The van der Waals surface area contributed by atoms with Crippen molar-refractivity contribution in [2.45, 2.75) is 45.2 Å². The molecule has 1 saturated heterocycles. The van der Waals surface area contributed by atoms with Gasteiger partial charge in [-0.1, -0.05) is 13.5 Å². The lowest BCUT2D eigenvalue weighted by Gasteiger charge is -2.24. The second-order valence-electron chi connectivity index (χ2n) is 3.53. The second kappa shape index (κ2) is 3.80. The third-order valence-corrected chi connectivity index (χ3v) is 4.35. The number of hydrogen-bond donors (Lipinski definition) is 0. The van der Waals surface area contributed by atoms with Crippen molar-refractivity contribution >= 4 is 10.0 Å². The Hall–Kier alpha value is -0.350. The third kappa shape index (κ3) is 1.94. The van der Waals surface area contributed by atoms with E-state index < -0.39 is 10.0 Å². The van der Waals surface area contributed by atoms with Gasteiger partial charge in [0, 0.05) is 17.5 Å². The third-order valence-electron chi connectivity index (χ3n) is 2.69. The predicted molar refractivity (Wildman–Crippen MR) is 53.7 cm³/mol. The van der Waals surface area contributed by atoms with Crippen LogP contribution in [-0.2, 0) is 10.0 Å². The minimum absolute atomic E-state index is 0.132. The summed E-state index contributed by atoms with van der Waals surface area (Å²) in [7, 11) is -3.21. The van der Waals surface area contributed by atoms with Crippen molar-refractivity contribution in [2.24, 2.45) is 0 Å². The van der Waals surface area contributed by atoms with Gasteiger partial charge in [0.25, 0.3) is 0 Å². The topological polar surface area (TPSA) is 37.4 Å². The van der Waals surface area contributed by atoms with Crippen LogP contribution in [0.2, 0.25) is 0 Å². The van der Waals surface area contributed by atoms with E-state index in [1.165, 1.54) is 0 Å². The van der Waals surface area contributed by atoms with Crippen LogP contribution in [0.4, 0.5) is 0 Å². The van der Waals surface area contributed by atoms with Gasteiger partial charge in [-0.2, -0.15) is 4.31 Å². The van der Waals surface area contributed by atoms with Crippen LogP contribution in [0.1, 0.15) is 33.1 Å². The van der Waals surface area contributed by atoms with Gasteiger partial charge in [-0.3, -0.25) is 0 Å². The predicted octanol–water partition coefficient (Wildman–Crippen LogP) is 1.72. The minimum Gasteiger partial charge on any atom is -0.208 e. The van der Waals surface area contributed by atoms with E-state index in [1.807, 2.05) is 13.8 Å². The molecule has 2 atom stereocenters. The summed E-state index contributed by atoms with van der Waals surface area (Å²) in [6.45, 7) is 7.33. The van der Waals surface area contributed by atoms with E-state index in [2.05, 4.69) is 6.58 Å². The van der Waals surface area contributed by atoms with E-state index >= 15 is 0 Å². The molecule has 3 nitrogen and oxygen atoms in total. The molecule has 0 N–H and O–H groups in total. The van der Waals surface area contributed by atoms with Crippen LogP contribution in [0.25, 0.3) is 0 Å². The zero-order valence-electron chi connectivity index (χ0n) is 8.23. The van der Waals surface area contributed by atoms with Gasteiger partial charge in [0.2, 0.25) is 10.0 Å². The molecule has 76 valence electrons. The number of nitrogens with zero attached hydrogens (tertiary/aromatic N) is 1. The molecule has 0 aromatic carbocycles. The summed E-state index contributed by atoms with van der Waals surface area (Å²) in [5.41, 5.74) is 0. The molecule has 13 heavy (non-hydrogen) atoms. The summed E-state index contributed by atoms with van der Waals surface area (Å²) in [4.78, 5) is 0. The first-order valence-corrected chi connectivity index (χ1v) is 6.19. The van der Waals surface area contributed by atoms with Crippen LogP contribution in [0.15, 0.2) is 12.0 Å². The Kier molecular flexibility index (Phi) is 3.14. The Morgan fingerprint density at radius 2 is 2.15 bits per heavy atom. The Morgan fingerprint density at radius 1 is 1.54 bits per heavy atom. The normalized spacial score (nSPS) is 30.6. The molecule has 1 fully saturated rings. The molecular formula is C9H17NO2S. The lowest BCUT2D eigenvalue weighted by molar-refractivity contribution is 0.333. The van der Waals surface area contributed by atoms with Gasteiger partial charge < -0.3 is 0 Å². The molecule has 1 aliphatic heterocycles. The van der Waals surface area contributed by atoms with Crippen molar-refractivity contribution < 1.29 is 8.42 Å². The van der Waals surface area contributed by atoms with Crippen molar-refractivity contribution in [3.05, 3.63) is 12.0 Å². The van der Waals surface area contributed by atoms with Crippen LogP contribution in [-0.4, -0.2) is 24.8 Å². The first-order chi connectivity index (χ1) is 6.03. The molecule has 4 heteroatoms. The summed E-state index contributed by atoms with van der Waals surface area (Å²) in [5.74, 6) is 0. The zero-order chi connectivity index (χ0) is 10.1. The molecule has 0 aromatic rings. The van der Waals surface area contributed by atoms with Crippen molar-refractivity contribution in [2.75, 3.05) is 0 Å². The largest absolute Gasteiger partial charge is 0.236 e. The first-order valence-electron chi connectivity index (χ1n) is 4.69. The summed E-state index contributed by atoms with van der Waals surface area (Å²) in [5, 5.41) is 1.05. The van der Waals surface area contributed by atoms with Crippen molar-refractivity contribution in [3.63, 3.8) is 0 Å². The average Bonchev–Trinajstić information content (AvgIpc) is 2.47. The fraction of sp³-hybridized carbons (Fsp3) is 0.778. The summed E-state index contributed by atoms with van der Waals surface area (Å²) in [6, 6.07) is 0.311. The summed E-state index contributed by atoms with van der Waals surface area (Å²) < 4.78 is 24.8. The molecule has 0 radical (unpaired) electrons. The van der Waals surface area contributed by atoms with Gasteiger partial charge in [0.05, 0.1) is 0 Å². The summed E-state index contributed by atoms with van der Waals surface area (Å²) >= 11 is 0. The Labute approximate surface area is 80.5 Å². The molecule has 0 unspecified atom stereocenters. The smallest absolute Gasteiger partial charge is 0.208 e. The number of sulfonamides is 1. The lowest BCUT2D eigenvalue weighted by atomic mass is 10.2. The van der Waals surface area contributed by atoms with E-state index in [0.717, 1.165) is 24.7 Å². The van der Waals surface area contributed by atoms with E-state index in [9.17, 15) is 8.42 Å². The van der Waals surface area contributed by atoms with Gasteiger partial charge in [0.1, 0.15) is 0 Å². The molecule has 0 spiro atoms. The molecule has 0 aliphatic carbocycles. The molecular weight excluding hydrogens is 186 g/mol. The van der Waals surface area contributed by atoms with Crippen LogP contribution >= 0.6 is 0 Å². The van der Waals surface area contributed by atoms with Gasteiger partial charge >= 0.3 is 0 Å².